The minimum Gasteiger partial charge on any atom is -0.492 e. The summed E-state index contributed by atoms with van der Waals surface area (Å²) in [7, 11) is 0. The molecule has 3 rings (SSSR count). The van der Waals surface area contributed by atoms with Crippen molar-refractivity contribution in [3.63, 3.8) is 0 Å². The quantitative estimate of drug-likeness (QED) is 0.228. The summed E-state index contributed by atoms with van der Waals surface area (Å²) in [6.45, 7) is 8.05. The second kappa shape index (κ2) is 16.0. The predicted octanol–water partition coefficient (Wildman–Crippen LogP) is 6.27. The van der Waals surface area contributed by atoms with Crippen molar-refractivity contribution in [1.29, 1.82) is 0 Å². The van der Waals surface area contributed by atoms with Gasteiger partial charge in [-0.2, -0.15) is 0 Å². The zero-order chi connectivity index (χ0) is 27.0. The Bertz CT molecular complexity index is 1160. The highest BCUT2D eigenvalue weighted by Gasteiger charge is 2.12. The average molecular weight is 522 g/mol. The molecule has 0 bridgehead atoms. The standard InChI is InChI=1S/C26H28ClNO.C4H4O4/c1-3-28(4-2)19-20-29-24-17-15-22(16-18-24)25(21-11-7-5-8-12-21)26(27)23-13-9-6-10-14-23;5-3(6)1-2-4(7)8/h5-18H,3-4,19-20H2,1-2H3;1-2H,(H,5,6)(H,7,8)/b;2-1-. The molecule has 3 aromatic rings. The molecule has 0 saturated heterocycles. The second-order valence-corrected chi connectivity index (χ2v) is 8.21. The van der Waals surface area contributed by atoms with Crippen molar-refractivity contribution in [2.45, 2.75) is 13.8 Å². The Morgan fingerprint density at radius 3 is 1.68 bits per heavy atom. The summed E-state index contributed by atoms with van der Waals surface area (Å²) in [6, 6.07) is 28.6. The van der Waals surface area contributed by atoms with E-state index in [1.165, 1.54) is 0 Å². The Labute approximate surface area is 223 Å². The summed E-state index contributed by atoms with van der Waals surface area (Å²) >= 11 is 6.87. The van der Waals surface area contributed by atoms with Crippen LogP contribution in [0.5, 0.6) is 5.75 Å². The number of benzene rings is 3. The summed E-state index contributed by atoms with van der Waals surface area (Å²) in [5.41, 5.74) is 4.19. The van der Waals surface area contributed by atoms with Crippen LogP contribution in [0.2, 0.25) is 0 Å². The maximum atomic E-state index is 9.55. The van der Waals surface area contributed by atoms with E-state index >= 15 is 0 Å². The van der Waals surface area contributed by atoms with Crippen LogP contribution in [0.25, 0.3) is 10.6 Å². The lowest BCUT2D eigenvalue weighted by Gasteiger charge is -2.18. The number of hydrogen-bond donors (Lipinski definition) is 2. The number of hydrogen-bond acceptors (Lipinski definition) is 4. The first-order chi connectivity index (χ1) is 17.8. The van der Waals surface area contributed by atoms with Crippen molar-refractivity contribution < 1.29 is 24.5 Å². The lowest BCUT2D eigenvalue weighted by Crippen LogP contribution is -2.27. The third-order valence-electron chi connectivity index (χ3n) is 5.39. The van der Waals surface area contributed by atoms with Crippen LogP contribution in [0.3, 0.4) is 0 Å². The molecule has 2 N–H and O–H groups in total. The van der Waals surface area contributed by atoms with E-state index in [1.807, 2.05) is 60.7 Å². The number of carboxylic acids is 2. The fraction of sp³-hybridized carbons (Fsp3) is 0.200. The van der Waals surface area contributed by atoms with Gasteiger partial charge in [-0.15, -0.1) is 0 Å². The number of carbonyl (C=O) groups is 2. The Balaban J connectivity index is 0.000000521. The van der Waals surface area contributed by atoms with E-state index in [0.717, 1.165) is 52.7 Å². The molecule has 0 amide bonds. The van der Waals surface area contributed by atoms with Crippen LogP contribution in [0.1, 0.15) is 30.5 Å². The number of nitrogens with zero attached hydrogens (tertiary/aromatic N) is 1. The van der Waals surface area contributed by atoms with Gasteiger partial charge in [0.1, 0.15) is 12.4 Å². The molecule has 0 fully saturated rings. The van der Waals surface area contributed by atoms with Gasteiger partial charge in [-0.3, -0.25) is 0 Å². The van der Waals surface area contributed by atoms with Crippen molar-refractivity contribution in [3.05, 3.63) is 114 Å². The largest absolute Gasteiger partial charge is 0.492 e. The Hall–Kier alpha value is -3.87. The van der Waals surface area contributed by atoms with Gasteiger partial charge in [-0.05, 0) is 41.9 Å². The van der Waals surface area contributed by atoms with Gasteiger partial charge in [0.15, 0.2) is 0 Å². The monoisotopic (exact) mass is 521 g/mol. The van der Waals surface area contributed by atoms with Gasteiger partial charge in [-0.1, -0.05) is 98.2 Å². The fourth-order valence-electron chi connectivity index (χ4n) is 3.45. The summed E-state index contributed by atoms with van der Waals surface area (Å²) < 4.78 is 5.94. The molecule has 0 spiro atoms. The molecule has 0 radical (unpaired) electrons. The van der Waals surface area contributed by atoms with Gasteiger partial charge in [0.25, 0.3) is 0 Å². The van der Waals surface area contributed by atoms with Gasteiger partial charge in [-0.25, -0.2) is 9.59 Å². The first kappa shape index (κ1) is 29.4. The minimum atomic E-state index is -1.26. The number of aliphatic carboxylic acids is 2. The molecule has 6 nitrogen and oxygen atoms in total. The molecule has 194 valence electrons. The van der Waals surface area contributed by atoms with Gasteiger partial charge < -0.3 is 19.8 Å². The molecular formula is C30H32ClNO5. The average Bonchev–Trinajstić information content (AvgIpc) is 2.92. The smallest absolute Gasteiger partial charge is 0.328 e. The highest BCUT2D eigenvalue weighted by molar-refractivity contribution is 6.53. The minimum absolute atomic E-state index is 0.558. The lowest BCUT2D eigenvalue weighted by atomic mass is 9.95. The van der Waals surface area contributed by atoms with E-state index in [1.54, 1.807) is 0 Å². The van der Waals surface area contributed by atoms with Crippen molar-refractivity contribution >= 4 is 34.1 Å². The van der Waals surface area contributed by atoms with E-state index in [4.69, 9.17) is 26.6 Å². The lowest BCUT2D eigenvalue weighted by molar-refractivity contribution is -0.134. The molecule has 0 atom stereocenters. The molecule has 0 aromatic heterocycles. The number of halogens is 1. The summed E-state index contributed by atoms with van der Waals surface area (Å²) in [4.78, 5) is 21.5. The highest BCUT2D eigenvalue weighted by atomic mass is 35.5. The molecule has 7 heteroatoms. The molecule has 0 heterocycles. The predicted molar refractivity (Wildman–Crippen MR) is 149 cm³/mol. The van der Waals surface area contributed by atoms with Crippen LogP contribution in [0, 0.1) is 0 Å². The van der Waals surface area contributed by atoms with Crippen LogP contribution >= 0.6 is 11.6 Å². The Morgan fingerprint density at radius 1 is 0.757 bits per heavy atom. The molecule has 37 heavy (non-hydrogen) atoms. The number of likely N-dealkylation sites (N-methyl/N-ethyl adjacent to an activating group) is 1. The SMILES string of the molecule is CCN(CC)CCOc1ccc(C(=C(Cl)c2ccccc2)c2ccccc2)cc1.O=C(O)/C=C\C(=O)O. The van der Waals surface area contributed by atoms with E-state index in [0.29, 0.717) is 18.8 Å². The van der Waals surface area contributed by atoms with Crippen molar-refractivity contribution in [1.82, 2.24) is 4.90 Å². The van der Waals surface area contributed by atoms with Crippen LogP contribution in [0.4, 0.5) is 0 Å². The molecule has 0 unspecified atom stereocenters. The zero-order valence-corrected chi connectivity index (χ0v) is 21.8. The number of carboxylic acid groups (broad SMARTS) is 2. The maximum Gasteiger partial charge on any atom is 0.328 e. The molecule has 0 aliphatic heterocycles. The normalized spacial score (nSPS) is 11.5. The first-order valence-electron chi connectivity index (χ1n) is 12.0. The third-order valence-corrected chi connectivity index (χ3v) is 5.80. The van der Waals surface area contributed by atoms with Gasteiger partial charge in [0.2, 0.25) is 0 Å². The summed E-state index contributed by atoms with van der Waals surface area (Å²) in [6.07, 6.45) is 1.12. The first-order valence-corrected chi connectivity index (χ1v) is 12.3. The molecular weight excluding hydrogens is 490 g/mol. The van der Waals surface area contributed by atoms with E-state index in [-0.39, 0.29) is 0 Å². The van der Waals surface area contributed by atoms with E-state index < -0.39 is 11.9 Å². The molecule has 0 aliphatic carbocycles. The zero-order valence-electron chi connectivity index (χ0n) is 21.0. The van der Waals surface area contributed by atoms with Crippen LogP contribution in [-0.4, -0.2) is 53.3 Å². The van der Waals surface area contributed by atoms with Crippen LogP contribution < -0.4 is 4.74 Å². The summed E-state index contributed by atoms with van der Waals surface area (Å²) in [5, 5.41) is 16.4. The molecule has 0 saturated carbocycles. The van der Waals surface area contributed by atoms with Crippen LogP contribution in [0.15, 0.2) is 97.1 Å². The van der Waals surface area contributed by atoms with E-state index in [9.17, 15) is 9.59 Å². The van der Waals surface area contributed by atoms with Gasteiger partial charge >= 0.3 is 11.9 Å². The maximum absolute atomic E-state index is 9.55. The summed E-state index contributed by atoms with van der Waals surface area (Å²) in [5.74, 6) is -1.64. The number of ether oxygens (including phenoxy) is 1. The van der Waals surface area contributed by atoms with Crippen molar-refractivity contribution in [2.75, 3.05) is 26.2 Å². The topological polar surface area (TPSA) is 87.1 Å². The third kappa shape index (κ3) is 10.3. The molecule has 3 aromatic carbocycles. The van der Waals surface area contributed by atoms with Gasteiger partial charge in [0, 0.05) is 24.3 Å². The molecule has 0 aliphatic rings. The second-order valence-electron chi connectivity index (χ2n) is 7.83. The van der Waals surface area contributed by atoms with Crippen LogP contribution in [-0.2, 0) is 9.59 Å². The van der Waals surface area contributed by atoms with E-state index in [2.05, 4.69) is 43.0 Å². The van der Waals surface area contributed by atoms with Crippen molar-refractivity contribution in [3.8, 4) is 5.75 Å². The van der Waals surface area contributed by atoms with Gasteiger partial charge in [0.05, 0.1) is 5.03 Å². The van der Waals surface area contributed by atoms with Crippen molar-refractivity contribution in [2.24, 2.45) is 0 Å². The Morgan fingerprint density at radius 2 is 1.22 bits per heavy atom. The highest BCUT2D eigenvalue weighted by Crippen LogP contribution is 2.35. The fourth-order valence-corrected chi connectivity index (χ4v) is 3.79. The Kier molecular flexibility index (Phi) is 12.7. The number of rotatable bonds is 11.